The normalized spacial score (nSPS) is 59.2. The lowest BCUT2D eigenvalue weighted by Gasteiger charge is -2.62. The number of hydrogen-bond donors (Lipinski definition) is 6. The number of carbonyl (C=O) groups is 1. The maximum Gasteiger partial charge on any atom is 0.201 e. The molecular weight excluding hydrogens is 869 g/mol. The first-order valence-corrected chi connectivity index (χ1v) is 26.2. The highest BCUT2D eigenvalue weighted by atomic mass is 16.7. The summed E-state index contributed by atoms with van der Waals surface area (Å²) in [5.41, 5.74) is -2.42. The molecule has 14 heteroatoms. The van der Waals surface area contributed by atoms with Crippen LogP contribution in [-0.4, -0.2) is 130 Å². The van der Waals surface area contributed by atoms with Gasteiger partial charge in [-0.3, -0.25) is 14.8 Å². The lowest BCUT2D eigenvalue weighted by Crippen LogP contribution is -2.73. The van der Waals surface area contributed by atoms with Crippen molar-refractivity contribution >= 4 is 5.78 Å². The number of aliphatic hydroxyl groups is 6. The molecule has 0 radical (unpaired) electrons. The van der Waals surface area contributed by atoms with Crippen LogP contribution in [0.1, 0.15) is 130 Å². The highest BCUT2D eigenvalue weighted by molar-refractivity contribution is 6.01. The fraction of sp³-hybridized carbons (Fsp3) is 0.833. The summed E-state index contributed by atoms with van der Waals surface area (Å²) in [5, 5.41) is 71.7. The molecule has 68 heavy (non-hydrogen) atoms. The van der Waals surface area contributed by atoms with Gasteiger partial charge in [0.2, 0.25) is 5.79 Å². The van der Waals surface area contributed by atoms with E-state index in [-0.39, 0.29) is 66.5 Å². The van der Waals surface area contributed by atoms with E-state index < -0.39 is 86.2 Å². The Morgan fingerprint density at radius 1 is 0.779 bits per heavy atom. The minimum absolute atomic E-state index is 0.0354. The van der Waals surface area contributed by atoms with Gasteiger partial charge in [0.05, 0.1) is 64.8 Å². The first-order valence-electron chi connectivity index (χ1n) is 26.2. The molecule has 4 saturated carbocycles. The molecular formula is C54H72N2O12. The number of carbonyl (C=O) groups excluding carboxylic acids is 1. The van der Waals surface area contributed by atoms with Gasteiger partial charge < -0.3 is 54.3 Å². The van der Waals surface area contributed by atoms with Crippen LogP contribution in [0.3, 0.4) is 0 Å². The Morgan fingerprint density at radius 2 is 1.49 bits per heavy atom. The monoisotopic (exact) mass is 941 g/mol. The molecule has 0 amide bonds. The quantitative estimate of drug-likeness (QED) is 0.175. The largest absolute Gasteiger partial charge is 0.393 e. The van der Waals surface area contributed by atoms with E-state index in [4.69, 9.17) is 33.7 Å². The third-order valence-corrected chi connectivity index (χ3v) is 23.4. The number of nitrogens with zero attached hydrogens (tertiary/aromatic N) is 2. The minimum Gasteiger partial charge on any atom is -0.393 e. The van der Waals surface area contributed by atoms with Crippen LogP contribution in [0.15, 0.2) is 23.3 Å². The fourth-order valence-electron chi connectivity index (χ4n) is 19.8. The molecule has 8 aliphatic carbocycles. The number of allylic oxidation sites excluding steroid dienone is 1. The molecule has 5 saturated heterocycles. The van der Waals surface area contributed by atoms with Gasteiger partial charge in [-0.15, -0.1) is 0 Å². The lowest BCUT2D eigenvalue weighted by molar-refractivity contribution is -0.347. The Kier molecular flexibility index (Phi) is 8.34. The van der Waals surface area contributed by atoms with Crippen LogP contribution in [0.4, 0.5) is 0 Å². The Labute approximate surface area is 398 Å². The topological polar surface area (TPSA) is 214 Å². The second kappa shape index (κ2) is 12.8. The maximum atomic E-state index is 15.1. The van der Waals surface area contributed by atoms with Gasteiger partial charge in [-0.05, 0) is 125 Å². The van der Waals surface area contributed by atoms with Gasteiger partial charge in [-0.1, -0.05) is 46.3 Å². The molecule has 13 aliphatic rings. The molecule has 370 valence electrons. The summed E-state index contributed by atoms with van der Waals surface area (Å²) in [7, 11) is 0. The minimum atomic E-state index is -1.52. The Balaban J connectivity index is 0.757. The molecule has 0 unspecified atom stereocenters. The molecule has 1 aromatic rings. The number of ether oxygens (including phenoxy) is 5. The molecule has 6 N–H and O–H groups in total. The van der Waals surface area contributed by atoms with Crippen molar-refractivity contribution < 1.29 is 59.1 Å². The number of aliphatic hydroxyl groups excluding tert-OH is 4. The zero-order valence-corrected chi connectivity index (χ0v) is 41.0. The summed E-state index contributed by atoms with van der Waals surface area (Å²) in [6.45, 7) is 16.0. The molecule has 0 aromatic carbocycles. The second-order valence-electron chi connectivity index (χ2n) is 26.5. The number of hydrogen-bond acceptors (Lipinski definition) is 14. The van der Waals surface area contributed by atoms with E-state index >= 15 is 4.79 Å². The van der Waals surface area contributed by atoms with Crippen LogP contribution < -0.4 is 0 Å². The summed E-state index contributed by atoms with van der Waals surface area (Å²) in [4.78, 5) is 26.1. The molecule has 14 nitrogen and oxygen atoms in total. The SMILES string of the molecule is C[C@@H]1[C@]2(O[C@H]3C=C4[C@H]5CC[C@H]6Cc7nc8c(nc7C[C@]6(C)[C@@H]5C[C@H](O)[C@@]4(C)[C@]31O)C[C@@H]1CC[C@]3(O)C(=CC(=O)[C@@]45CO[C@@]6(OC(C)(C)C[C@H]6O)[C@@H](C)[C@@H]4C[C@@H]4O[C@@]453)[C@@]1(C)C8)O[C@@](C)(CO)C[C@H]2O. The average molecular weight is 941 g/mol. The van der Waals surface area contributed by atoms with Crippen LogP contribution >= 0.6 is 0 Å². The van der Waals surface area contributed by atoms with E-state index in [1.165, 1.54) is 0 Å². The van der Waals surface area contributed by atoms with Crippen molar-refractivity contribution in [1.82, 2.24) is 9.97 Å². The fourth-order valence-corrected chi connectivity index (χ4v) is 19.8. The first-order chi connectivity index (χ1) is 31.9. The van der Waals surface area contributed by atoms with Crippen molar-refractivity contribution in [1.29, 1.82) is 0 Å². The summed E-state index contributed by atoms with van der Waals surface area (Å²) in [5.74, 6) is -3.13. The molecule has 6 heterocycles. The third kappa shape index (κ3) is 4.60. The summed E-state index contributed by atoms with van der Waals surface area (Å²) >= 11 is 0. The summed E-state index contributed by atoms with van der Waals surface area (Å²) in [6, 6.07) is 0. The molecule has 0 bridgehead atoms. The molecule has 22 atom stereocenters. The van der Waals surface area contributed by atoms with Crippen LogP contribution in [0.5, 0.6) is 0 Å². The number of ketones is 1. The van der Waals surface area contributed by atoms with E-state index in [0.717, 1.165) is 66.0 Å². The van der Waals surface area contributed by atoms with E-state index in [9.17, 15) is 30.6 Å². The van der Waals surface area contributed by atoms with Gasteiger partial charge in [0.1, 0.15) is 35.1 Å². The van der Waals surface area contributed by atoms with Crippen LogP contribution in [0, 0.1) is 63.1 Å². The van der Waals surface area contributed by atoms with Gasteiger partial charge in [-0.2, -0.15) is 0 Å². The van der Waals surface area contributed by atoms with Gasteiger partial charge in [0.25, 0.3) is 0 Å². The summed E-state index contributed by atoms with van der Waals surface area (Å²) in [6.07, 6.45) is 7.77. The Bertz CT molecular complexity index is 2550. The van der Waals surface area contributed by atoms with Crippen LogP contribution in [0.2, 0.25) is 0 Å². The Hall–Kier alpha value is -2.21. The van der Waals surface area contributed by atoms with Gasteiger partial charge >= 0.3 is 0 Å². The molecule has 1 aromatic heterocycles. The molecule has 5 aliphatic heterocycles. The van der Waals surface area contributed by atoms with Crippen LogP contribution in [0.25, 0.3) is 0 Å². The smallest absolute Gasteiger partial charge is 0.201 e. The standard InChI is InChI=1S/C54H72N2O12/c1-25-30-16-43-54(66-43)49(30,24-64-52(25)40(60)21-44(3,4)67-52)39(59)18-37-47(7)20-36-34(14-28(47)11-12-50(37,54)62)55-35-19-46(6)27(13-33(35)56-36)9-10-29-31(46)15-38(58)48(8)32(29)17-42-51(48,63)26(2)53(65-42)41(61)22-45(5,23-57)68-53/h17-18,25-31,38,40-43,57-58,60-63H,9-16,19-24H2,1-8H3/t25-,26-,27-,28-,29-,30-,31+,38-,40+,41+,42-,43-,45+,46-,47-,48-,49+,50-,51+,52+,53-,54-/m0/s1. The van der Waals surface area contributed by atoms with Crippen molar-refractivity contribution in [3.63, 3.8) is 0 Å². The van der Waals surface area contributed by atoms with E-state index in [0.29, 0.717) is 44.4 Å². The number of epoxide rings is 1. The highest BCUT2D eigenvalue weighted by Gasteiger charge is 2.91. The molecule has 14 rings (SSSR count). The zero-order chi connectivity index (χ0) is 47.7. The summed E-state index contributed by atoms with van der Waals surface area (Å²) < 4.78 is 32.9. The van der Waals surface area contributed by atoms with E-state index in [1.54, 1.807) is 13.0 Å². The third-order valence-electron chi connectivity index (χ3n) is 23.4. The van der Waals surface area contributed by atoms with Crippen molar-refractivity contribution in [2.75, 3.05) is 13.2 Å². The van der Waals surface area contributed by atoms with Crippen molar-refractivity contribution in [3.8, 4) is 0 Å². The van der Waals surface area contributed by atoms with E-state index in [1.807, 2.05) is 34.6 Å². The van der Waals surface area contributed by atoms with Crippen molar-refractivity contribution in [3.05, 3.63) is 46.1 Å². The van der Waals surface area contributed by atoms with Crippen molar-refractivity contribution in [2.45, 2.75) is 203 Å². The second-order valence-corrected chi connectivity index (χ2v) is 26.5. The van der Waals surface area contributed by atoms with Gasteiger partial charge in [0, 0.05) is 41.9 Å². The predicted octanol–water partition coefficient (Wildman–Crippen LogP) is 3.75. The number of fused-ring (bicyclic) bond motifs is 12. The Morgan fingerprint density at radius 3 is 2.18 bits per heavy atom. The van der Waals surface area contributed by atoms with Gasteiger partial charge in [-0.25, -0.2) is 0 Å². The highest BCUT2D eigenvalue weighted by Crippen LogP contribution is 2.79. The lowest BCUT2D eigenvalue weighted by atomic mass is 9.44. The van der Waals surface area contributed by atoms with Crippen molar-refractivity contribution in [2.24, 2.45) is 63.1 Å². The predicted molar refractivity (Wildman–Crippen MR) is 241 cm³/mol. The average Bonchev–Trinajstić information content (AvgIpc) is 3.48. The molecule has 9 fully saturated rings. The van der Waals surface area contributed by atoms with Crippen LogP contribution in [-0.2, 0) is 54.2 Å². The number of aromatic nitrogens is 2. The van der Waals surface area contributed by atoms with Gasteiger partial charge in [0.15, 0.2) is 11.6 Å². The van der Waals surface area contributed by atoms with E-state index in [2.05, 4.69) is 19.9 Å². The number of rotatable bonds is 1. The molecule has 4 spiro atoms. The zero-order valence-electron chi connectivity index (χ0n) is 41.0. The maximum absolute atomic E-state index is 15.1. The first kappa shape index (κ1) is 44.5.